The molecular formula is C16H17NO3S. The van der Waals surface area contributed by atoms with Crippen molar-refractivity contribution in [1.29, 1.82) is 0 Å². The highest BCUT2D eigenvalue weighted by Crippen LogP contribution is 2.20. The van der Waals surface area contributed by atoms with Gasteiger partial charge in [-0.3, -0.25) is 0 Å². The Bertz CT molecular complexity index is 629. The molecule has 4 nitrogen and oxygen atoms in total. The van der Waals surface area contributed by atoms with Gasteiger partial charge in [-0.05, 0) is 23.8 Å². The molecule has 2 rings (SSSR count). The first-order chi connectivity index (χ1) is 10.0. The number of carboxylic acid groups (broad SMARTS) is 1. The molecule has 0 radical (unpaired) electrons. The summed E-state index contributed by atoms with van der Waals surface area (Å²) in [4.78, 5) is 14.9. The van der Waals surface area contributed by atoms with Gasteiger partial charge in [0.1, 0.15) is 12.4 Å². The number of aliphatic carboxylic acids is 1. The molecule has 21 heavy (non-hydrogen) atoms. The predicted molar refractivity (Wildman–Crippen MR) is 83.6 cm³/mol. The van der Waals surface area contributed by atoms with Crippen molar-refractivity contribution >= 4 is 23.4 Å². The first-order valence-corrected chi connectivity index (χ1v) is 7.50. The lowest BCUT2D eigenvalue weighted by Crippen LogP contribution is -1.96. The van der Waals surface area contributed by atoms with Gasteiger partial charge in [0.15, 0.2) is 0 Å². The van der Waals surface area contributed by atoms with Crippen molar-refractivity contribution < 1.29 is 14.6 Å². The Balaban J connectivity index is 1.92. The van der Waals surface area contributed by atoms with Crippen LogP contribution in [0.25, 0.3) is 6.08 Å². The molecule has 1 aromatic carbocycles. The first kappa shape index (κ1) is 15.3. The summed E-state index contributed by atoms with van der Waals surface area (Å²) >= 11 is 1.65. The van der Waals surface area contributed by atoms with Crippen molar-refractivity contribution in [2.75, 3.05) is 0 Å². The summed E-state index contributed by atoms with van der Waals surface area (Å²) in [7, 11) is 0. The SMILES string of the molecule is CC(C)c1nc(COc2ccc(C=CC(=O)O)cc2)cs1. The highest BCUT2D eigenvalue weighted by Gasteiger charge is 2.06. The third-order valence-electron chi connectivity index (χ3n) is 2.75. The van der Waals surface area contributed by atoms with Gasteiger partial charge in [-0.1, -0.05) is 26.0 Å². The summed E-state index contributed by atoms with van der Waals surface area (Å²) in [6, 6.07) is 7.26. The fraction of sp³-hybridized carbons (Fsp3) is 0.250. The first-order valence-electron chi connectivity index (χ1n) is 6.63. The molecular weight excluding hydrogens is 286 g/mol. The second-order valence-electron chi connectivity index (χ2n) is 4.86. The fourth-order valence-electron chi connectivity index (χ4n) is 1.65. The van der Waals surface area contributed by atoms with Crippen LogP contribution in [0, 0.1) is 0 Å². The van der Waals surface area contributed by atoms with Crippen LogP contribution in [0.1, 0.15) is 36.0 Å². The zero-order valence-corrected chi connectivity index (χ0v) is 12.8. The number of nitrogens with zero attached hydrogens (tertiary/aromatic N) is 1. The van der Waals surface area contributed by atoms with E-state index in [0.717, 1.165) is 28.1 Å². The van der Waals surface area contributed by atoms with Crippen molar-refractivity contribution in [3.63, 3.8) is 0 Å². The number of hydrogen-bond acceptors (Lipinski definition) is 4. The molecule has 0 spiro atoms. The van der Waals surface area contributed by atoms with E-state index in [9.17, 15) is 4.79 Å². The number of thiazole rings is 1. The van der Waals surface area contributed by atoms with E-state index in [1.165, 1.54) is 0 Å². The minimum absolute atomic E-state index is 0.434. The molecule has 0 aliphatic rings. The Morgan fingerprint density at radius 2 is 2.10 bits per heavy atom. The monoisotopic (exact) mass is 303 g/mol. The predicted octanol–water partition coefficient (Wildman–Crippen LogP) is 3.94. The highest BCUT2D eigenvalue weighted by molar-refractivity contribution is 7.09. The average Bonchev–Trinajstić information content (AvgIpc) is 2.93. The molecule has 0 aliphatic heterocycles. The zero-order chi connectivity index (χ0) is 15.2. The average molecular weight is 303 g/mol. The summed E-state index contributed by atoms with van der Waals surface area (Å²) in [6.45, 7) is 4.67. The van der Waals surface area contributed by atoms with Gasteiger partial charge >= 0.3 is 5.97 Å². The van der Waals surface area contributed by atoms with Crippen molar-refractivity contribution in [3.8, 4) is 5.75 Å². The van der Waals surface area contributed by atoms with Crippen LogP contribution in [0.5, 0.6) is 5.75 Å². The van der Waals surface area contributed by atoms with E-state index < -0.39 is 5.97 Å². The summed E-state index contributed by atoms with van der Waals surface area (Å²) in [5, 5.41) is 11.7. The van der Waals surface area contributed by atoms with Crippen LogP contribution in [-0.2, 0) is 11.4 Å². The second-order valence-corrected chi connectivity index (χ2v) is 5.75. The van der Waals surface area contributed by atoms with Crippen molar-refractivity contribution in [3.05, 3.63) is 52.0 Å². The Hall–Kier alpha value is -2.14. The molecule has 0 unspecified atom stereocenters. The summed E-state index contributed by atoms with van der Waals surface area (Å²) in [5.41, 5.74) is 1.75. The van der Waals surface area contributed by atoms with E-state index in [4.69, 9.17) is 9.84 Å². The van der Waals surface area contributed by atoms with E-state index >= 15 is 0 Å². The van der Waals surface area contributed by atoms with E-state index in [0.29, 0.717) is 12.5 Å². The number of aromatic nitrogens is 1. The lowest BCUT2D eigenvalue weighted by molar-refractivity contribution is -0.131. The number of benzene rings is 1. The van der Waals surface area contributed by atoms with Gasteiger partial charge in [-0.15, -0.1) is 11.3 Å². The highest BCUT2D eigenvalue weighted by atomic mass is 32.1. The zero-order valence-electron chi connectivity index (χ0n) is 11.9. The van der Waals surface area contributed by atoms with Gasteiger partial charge in [0, 0.05) is 17.4 Å². The number of ether oxygens (including phenoxy) is 1. The van der Waals surface area contributed by atoms with Gasteiger partial charge in [-0.25, -0.2) is 9.78 Å². The maximum atomic E-state index is 10.4. The molecule has 0 bridgehead atoms. The van der Waals surface area contributed by atoms with E-state index in [-0.39, 0.29) is 0 Å². The Morgan fingerprint density at radius 1 is 1.38 bits per heavy atom. The standard InChI is InChI=1S/C16H17NO3S/c1-11(2)16-17-13(10-21-16)9-20-14-6-3-12(4-7-14)5-8-15(18)19/h3-8,10-11H,9H2,1-2H3,(H,18,19). The second kappa shape index (κ2) is 7.04. The third kappa shape index (κ3) is 4.72. The molecule has 0 atom stereocenters. The summed E-state index contributed by atoms with van der Waals surface area (Å²) < 4.78 is 5.67. The van der Waals surface area contributed by atoms with Gasteiger partial charge < -0.3 is 9.84 Å². The Kier molecular flexibility index (Phi) is 5.11. The summed E-state index contributed by atoms with van der Waals surface area (Å²) in [5.74, 6) is 0.213. The van der Waals surface area contributed by atoms with E-state index in [1.54, 1.807) is 17.4 Å². The van der Waals surface area contributed by atoms with Gasteiger partial charge in [0.05, 0.1) is 10.7 Å². The quantitative estimate of drug-likeness (QED) is 0.821. The smallest absolute Gasteiger partial charge is 0.328 e. The molecule has 0 fully saturated rings. The maximum absolute atomic E-state index is 10.4. The lowest BCUT2D eigenvalue weighted by atomic mass is 10.2. The number of carbonyl (C=O) groups is 1. The summed E-state index contributed by atoms with van der Waals surface area (Å²) in [6.07, 6.45) is 2.65. The van der Waals surface area contributed by atoms with Crippen LogP contribution < -0.4 is 4.74 Å². The van der Waals surface area contributed by atoms with Crippen LogP contribution >= 0.6 is 11.3 Å². The van der Waals surface area contributed by atoms with Crippen LogP contribution in [-0.4, -0.2) is 16.1 Å². The van der Waals surface area contributed by atoms with Crippen LogP contribution in [0.15, 0.2) is 35.7 Å². The lowest BCUT2D eigenvalue weighted by Gasteiger charge is -2.04. The van der Waals surface area contributed by atoms with Crippen molar-refractivity contribution in [2.45, 2.75) is 26.4 Å². The molecule has 1 aromatic heterocycles. The van der Waals surface area contributed by atoms with Crippen molar-refractivity contribution in [2.24, 2.45) is 0 Å². The van der Waals surface area contributed by atoms with Crippen molar-refractivity contribution in [1.82, 2.24) is 4.98 Å². The minimum Gasteiger partial charge on any atom is -0.487 e. The molecule has 110 valence electrons. The molecule has 0 saturated heterocycles. The Morgan fingerprint density at radius 3 is 2.67 bits per heavy atom. The molecule has 2 aromatic rings. The normalized spacial score (nSPS) is 11.2. The number of hydrogen-bond donors (Lipinski definition) is 1. The molecule has 5 heteroatoms. The van der Waals surface area contributed by atoms with Gasteiger partial charge in [0.25, 0.3) is 0 Å². The largest absolute Gasteiger partial charge is 0.487 e. The number of rotatable bonds is 6. The number of carboxylic acids is 1. The van der Waals surface area contributed by atoms with Crippen LogP contribution in [0.4, 0.5) is 0 Å². The Labute approximate surface area is 127 Å². The van der Waals surface area contributed by atoms with Crippen LogP contribution in [0.3, 0.4) is 0 Å². The van der Waals surface area contributed by atoms with Gasteiger partial charge in [0.2, 0.25) is 0 Å². The maximum Gasteiger partial charge on any atom is 0.328 e. The molecule has 0 saturated carbocycles. The third-order valence-corrected chi connectivity index (χ3v) is 3.94. The fourth-order valence-corrected chi connectivity index (χ4v) is 2.47. The topological polar surface area (TPSA) is 59.4 Å². The van der Waals surface area contributed by atoms with E-state index in [1.807, 2.05) is 29.6 Å². The molecule has 0 aliphatic carbocycles. The minimum atomic E-state index is -0.959. The van der Waals surface area contributed by atoms with E-state index in [2.05, 4.69) is 18.8 Å². The molecule has 1 heterocycles. The molecule has 1 N–H and O–H groups in total. The van der Waals surface area contributed by atoms with Gasteiger partial charge in [-0.2, -0.15) is 0 Å². The molecule has 0 amide bonds. The van der Waals surface area contributed by atoms with Crippen LogP contribution in [0.2, 0.25) is 0 Å².